The molecule has 0 radical (unpaired) electrons. The van der Waals surface area contributed by atoms with Gasteiger partial charge in [0, 0.05) is 13.1 Å². The highest BCUT2D eigenvalue weighted by atomic mass is 16.1. The van der Waals surface area contributed by atoms with Crippen LogP contribution < -0.4 is 0 Å². The minimum atomic E-state index is -0.261. The van der Waals surface area contributed by atoms with Crippen molar-refractivity contribution in [2.75, 3.05) is 0 Å². The van der Waals surface area contributed by atoms with Gasteiger partial charge in [-0.25, -0.2) is 9.97 Å². The summed E-state index contributed by atoms with van der Waals surface area (Å²) in [4.78, 5) is 36.2. The van der Waals surface area contributed by atoms with Crippen LogP contribution in [0.25, 0.3) is 21.5 Å². The van der Waals surface area contributed by atoms with E-state index in [1.807, 2.05) is 47.9 Å². The van der Waals surface area contributed by atoms with Crippen LogP contribution >= 0.6 is 0 Å². The normalized spacial score (nSPS) is 12.8. The van der Waals surface area contributed by atoms with Gasteiger partial charge >= 0.3 is 0 Å². The van der Waals surface area contributed by atoms with Crippen LogP contribution in [0.5, 0.6) is 0 Å². The number of fused-ring (bicyclic) bond motifs is 4. The van der Waals surface area contributed by atoms with Gasteiger partial charge in [0.2, 0.25) is 11.6 Å². The highest BCUT2D eigenvalue weighted by molar-refractivity contribution is 6.25. The number of ketones is 2. The van der Waals surface area contributed by atoms with Crippen LogP contribution in [-0.4, -0.2) is 30.7 Å². The topological polar surface area (TPSA) is 69.8 Å². The first kappa shape index (κ1) is 21.4. The fraction of sp³-hybridized carbons (Fsp3) is 0.0968. The molecule has 178 valence electrons. The van der Waals surface area contributed by atoms with E-state index < -0.39 is 0 Å². The summed E-state index contributed by atoms with van der Waals surface area (Å²) in [6.45, 7) is 2.73. The molecular formula is C31H22N4O2. The van der Waals surface area contributed by atoms with E-state index in [2.05, 4.69) is 58.5 Å². The SMILES string of the molecule is Cc1nc2c(n1Cc1ccc3ccccc3c1)C(=O)c1ncn(Cc3ccc4ccccc4c3)c1C2=O. The monoisotopic (exact) mass is 482 g/mol. The maximum atomic E-state index is 13.6. The molecule has 6 aromatic rings. The molecule has 0 spiro atoms. The van der Waals surface area contributed by atoms with Gasteiger partial charge in [-0.05, 0) is 51.7 Å². The van der Waals surface area contributed by atoms with Gasteiger partial charge in [0.1, 0.15) is 28.6 Å². The second-order valence-electron chi connectivity index (χ2n) is 9.53. The lowest BCUT2D eigenvalue weighted by Gasteiger charge is -2.15. The second kappa shape index (κ2) is 8.10. The Bertz CT molecular complexity index is 1890. The number of carbonyl (C=O) groups excluding carboxylic acids is 2. The second-order valence-corrected chi connectivity index (χ2v) is 9.53. The molecule has 7 rings (SSSR count). The minimum absolute atomic E-state index is 0.193. The van der Waals surface area contributed by atoms with Gasteiger partial charge in [0.25, 0.3) is 0 Å². The van der Waals surface area contributed by atoms with Crippen molar-refractivity contribution in [1.82, 2.24) is 19.1 Å². The van der Waals surface area contributed by atoms with Crippen molar-refractivity contribution in [3.05, 3.63) is 131 Å². The van der Waals surface area contributed by atoms with Gasteiger partial charge in [-0.15, -0.1) is 0 Å². The fourth-order valence-electron chi connectivity index (χ4n) is 5.33. The van der Waals surface area contributed by atoms with Gasteiger partial charge in [-0.3, -0.25) is 9.59 Å². The van der Waals surface area contributed by atoms with Gasteiger partial charge in [-0.2, -0.15) is 0 Å². The Morgan fingerprint density at radius 2 is 1.22 bits per heavy atom. The van der Waals surface area contributed by atoms with Crippen molar-refractivity contribution in [2.24, 2.45) is 0 Å². The lowest BCUT2D eigenvalue weighted by Crippen LogP contribution is -2.25. The van der Waals surface area contributed by atoms with Crippen LogP contribution in [0.4, 0.5) is 0 Å². The molecule has 0 atom stereocenters. The molecular weight excluding hydrogens is 460 g/mol. The number of carbonyl (C=O) groups is 2. The summed E-state index contributed by atoms with van der Waals surface area (Å²) in [5.74, 6) is 0.109. The number of aryl methyl sites for hydroxylation is 1. The molecule has 0 amide bonds. The summed E-state index contributed by atoms with van der Waals surface area (Å²) < 4.78 is 3.60. The molecule has 1 aliphatic rings. The van der Waals surface area contributed by atoms with E-state index in [1.54, 1.807) is 10.9 Å². The Hall–Kier alpha value is -4.84. The van der Waals surface area contributed by atoms with Crippen LogP contribution in [0.15, 0.2) is 91.3 Å². The first-order chi connectivity index (χ1) is 18.1. The summed E-state index contributed by atoms with van der Waals surface area (Å²) in [6.07, 6.45) is 1.59. The number of rotatable bonds is 4. The van der Waals surface area contributed by atoms with Crippen molar-refractivity contribution < 1.29 is 9.59 Å². The zero-order chi connectivity index (χ0) is 25.1. The van der Waals surface area contributed by atoms with Gasteiger partial charge < -0.3 is 9.13 Å². The van der Waals surface area contributed by atoms with Crippen LogP contribution in [0.2, 0.25) is 0 Å². The fourth-order valence-corrected chi connectivity index (χ4v) is 5.33. The molecule has 2 heterocycles. The number of benzene rings is 4. The third-order valence-corrected chi connectivity index (χ3v) is 7.18. The molecule has 0 aliphatic heterocycles. The predicted molar refractivity (Wildman–Crippen MR) is 142 cm³/mol. The summed E-state index contributed by atoms with van der Waals surface area (Å²) in [7, 11) is 0. The molecule has 0 bridgehead atoms. The average Bonchev–Trinajstić information content (AvgIpc) is 3.49. The quantitative estimate of drug-likeness (QED) is 0.329. The van der Waals surface area contributed by atoms with Crippen LogP contribution in [-0.2, 0) is 13.1 Å². The molecule has 0 unspecified atom stereocenters. The molecule has 0 saturated carbocycles. The summed E-state index contributed by atoms with van der Waals surface area (Å²) >= 11 is 0. The van der Waals surface area contributed by atoms with Gasteiger partial charge in [-0.1, -0.05) is 72.8 Å². The molecule has 0 fully saturated rings. The standard InChI is InChI=1S/C31H22N4O2/c1-19-33-27-29(35(19)17-21-11-13-23-7-3-5-9-25(23)15-21)30(36)26-28(31(27)37)34(18-32-26)16-20-10-12-22-6-2-4-8-24(22)14-20/h2-15,18H,16-17H2,1H3. The van der Waals surface area contributed by atoms with Crippen LogP contribution in [0.3, 0.4) is 0 Å². The summed E-state index contributed by atoms with van der Waals surface area (Å²) in [5, 5.41) is 4.57. The predicted octanol–water partition coefficient (Wildman–Crippen LogP) is 5.57. The van der Waals surface area contributed by atoms with Crippen LogP contribution in [0.1, 0.15) is 49.3 Å². The Morgan fingerprint density at radius 1 is 0.649 bits per heavy atom. The van der Waals surface area contributed by atoms with E-state index in [9.17, 15) is 9.59 Å². The van der Waals surface area contributed by atoms with Crippen molar-refractivity contribution in [3.63, 3.8) is 0 Å². The largest absolute Gasteiger partial charge is 0.323 e. The van der Waals surface area contributed by atoms with E-state index >= 15 is 0 Å². The number of imidazole rings is 2. The van der Waals surface area contributed by atoms with Gasteiger partial charge in [0.15, 0.2) is 0 Å². The average molecular weight is 483 g/mol. The molecule has 0 saturated heterocycles. The van der Waals surface area contributed by atoms with E-state index in [-0.39, 0.29) is 23.0 Å². The van der Waals surface area contributed by atoms with E-state index in [4.69, 9.17) is 0 Å². The van der Waals surface area contributed by atoms with Crippen molar-refractivity contribution in [1.29, 1.82) is 0 Å². The Labute approximate surface area is 212 Å². The highest BCUT2D eigenvalue weighted by Gasteiger charge is 2.38. The zero-order valence-corrected chi connectivity index (χ0v) is 20.2. The maximum absolute atomic E-state index is 13.6. The summed E-state index contributed by atoms with van der Waals surface area (Å²) in [6, 6.07) is 28.7. The molecule has 0 N–H and O–H groups in total. The molecule has 2 aromatic heterocycles. The number of hydrogen-bond acceptors (Lipinski definition) is 4. The van der Waals surface area contributed by atoms with Crippen LogP contribution in [0, 0.1) is 6.92 Å². The van der Waals surface area contributed by atoms with Crippen molar-refractivity contribution in [3.8, 4) is 0 Å². The molecule has 4 aromatic carbocycles. The number of aromatic nitrogens is 4. The third-order valence-electron chi connectivity index (χ3n) is 7.18. The number of hydrogen-bond donors (Lipinski definition) is 0. The molecule has 6 heteroatoms. The third kappa shape index (κ3) is 3.41. The minimum Gasteiger partial charge on any atom is -0.323 e. The van der Waals surface area contributed by atoms with Crippen molar-refractivity contribution in [2.45, 2.75) is 20.0 Å². The Kier molecular flexibility index (Phi) is 4.69. The zero-order valence-electron chi connectivity index (χ0n) is 20.2. The van der Waals surface area contributed by atoms with Crippen molar-refractivity contribution >= 4 is 33.1 Å². The van der Waals surface area contributed by atoms with E-state index in [0.29, 0.717) is 30.3 Å². The summed E-state index contributed by atoms with van der Waals surface area (Å²) in [5.41, 5.74) is 3.09. The first-order valence-electron chi connectivity index (χ1n) is 12.2. The Morgan fingerprint density at radius 3 is 1.86 bits per heavy atom. The molecule has 6 nitrogen and oxygen atoms in total. The van der Waals surface area contributed by atoms with E-state index in [1.165, 1.54) is 0 Å². The molecule has 1 aliphatic carbocycles. The lowest BCUT2D eigenvalue weighted by atomic mass is 9.98. The number of nitrogens with zero attached hydrogens (tertiary/aromatic N) is 4. The smallest absolute Gasteiger partial charge is 0.232 e. The Balaban J connectivity index is 1.25. The highest BCUT2D eigenvalue weighted by Crippen LogP contribution is 2.29. The maximum Gasteiger partial charge on any atom is 0.232 e. The van der Waals surface area contributed by atoms with Gasteiger partial charge in [0.05, 0.1) is 6.33 Å². The first-order valence-corrected chi connectivity index (χ1v) is 12.2. The van der Waals surface area contributed by atoms with E-state index in [0.717, 1.165) is 32.7 Å². The molecule has 37 heavy (non-hydrogen) atoms. The lowest BCUT2D eigenvalue weighted by molar-refractivity contribution is 0.0963.